The molecular formula is C15H12FN3O. The van der Waals surface area contributed by atoms with Gasteiger partial charge in [-0.25, -0.2) is 4.39 Å². The Bertz CT molecular complexity index is 692. The Labute approximate surface area is 115 Å². The molecule has 0 atom stereocenters. The topological polar surface area (TPSA) is 78.9 Å². The average molecular weight is 269 g/mol. The maximum atomic E-state index is 13.0. The Kier molecular flexibility index (Phi) is 3.96. The summed E-state index contributed by atoms with van der Waals surface area (Å²) in [7, 11) is 0. The second kappa shape index (κ2) is 5.85. The molecule has 0 aliphatic heterocycles. The van der Waals surface area contributed by atoms with Crippen LogP contribution in [0.25, 0.3) is 0 Å². The Morgan fingerprint density at radius 2 is 2.10 bits per heavy atom. The largest absolute Gasteiger partial charge is 0.399 e. The van der Waals surface area contributed by atoms with Gasteiger partial charge in [0.15, 0.2) is 0 Å². The molecule has 20 heavy (non-hydrogen) atoms. The molecule has 0 heterocycles. The number of benzene rings is 2. The highest BCUT2D eigenvalue weighted by molar-refractivity contribution is 5.93. The molecule has 0 radical (unpaired) electrons. The van der Waals surface area contributed by atoms with Crippen molar-refractivity contribution < 1.29 is 9.18 Å². The fourth-order valence-electron chi connectivity index (χ4n) is 1.79. The van der Waals surface area contributed by atoms with Gasteiger partial charge in [0.05, 0.1) is 17.7 Å². The van der Waals surface area contributed by atoms with Crippen molar-refractivity contribution in [1.82, 2.24) is 0 Å². The molecule has 0 bridgehead atoms. The third-order valence-electron chi connectivity index (χ3n) is 2.69. The van der Waals surface area contributed by atoms with Gasteiger partial charge in [-0.05, 0) is 35.9 Å². The number of carbonyl (C=O) groups excluding carboxylic acids is 1. The predicted octanol–water partition coefficient (Wildman–Crippen LogP) is 2.46. The molecule has 0 unspecified atom stereocenters. The number of nitrogen functional groups attached to an aromatic ring is 1. The van der Waals surface area contributed by atoms with E-state index in [1.54, 1.807) is 24.3 Å². The van der Waals surface area contributed by atoms with Gasteiger partial charge in [0.1, 0.15) is 11.9 Å². The van der Waals surface area contributed by atoms with Crippen LogP contribution in [-0.4, -0.2) is 5.91 Å². The van der Waals surface area contributed by atoms with Crippen molar-refractivity contribution in [2.45, 2.75) is 6.42 Å². The molecule has 0 fully saturated rings. The lowest BCUT2D eigenvalue weighted by molar-refractivity contribution is -0.115. The zero-order valence-corrected chi connectivity index (χ0v) is 10.6. The van der Waals surface area contributed by atoms with E-state index in [0.717, 1.165) is 0 Å². The first-order valence-electron chi connectivity index (χ1n) is 5.92. The predicted molar refractivity (Wildman–Crippen MR) is 74.3 cm³/mol. The fraction of sp³-hybridized carbons (Fsp3) is 0.0667. The SMILES string of the molecule is N#Cc1cc(N)ccc1NC(=O)Cc1cccc(F)c1. The maximum absolute atomic E-state index is 13.0. The number of amides is 1. The molecule has 0 aliphatic rings. The number of nitrogens with zero attached hydrogens (tertiary/aromatic N) is 1. The number of rotatable bonds is 3. The number of hydrogen-bond donors (Lipinski definition) is 2. The third-order valence-corrected chi connectivity index (χ3v) is 2.69. The molecule has 0 saturated carbocycles. The zero-order chi connectivity index (χ0) is 14.5. The Balaban J connectivity index is 2.11. The van der Waals surface area contributed by atoms with E-state index in [1.165, 1.54) is 18.2 Å². The molecule has 0 spiro atoms. The van der Waals surface area contributed by atoms with Gasteiger partial charge in [0, 0.05) is 5.69 Å². The van der Waals surface area contributed by atoms with Crippen LogP contribution >= 0.6 is 0 Å². The van der Waals surface area contributed by atoms with Gasteiger partial charge >= 0.3 is 0 Å². The molecule has 2 aromatic carbocycles. The van der Waals surface area contributed by atoms with Crippen molar-refractivity contribution >= 4 is 17.3 Å². The summed E-state index contributed by atoms with van der Waals surface area (Å²) in [5.74, 6) is -0.711. The second-order valence-corrected chi connectivity index (χ2v) is 4.27. The Morgan fingerprint density at radius 1 is 1.30 bits per heavy atom. The van der Waals surface area contributed by atoms with Crippen LogP contribution in [0.4, 0.5) is 15.8 Å². The molecular weight excluding hydrogens is 257 g/mol. The quantitative estimate of drug-likeness (QED) is 0.840. The van der Waals surface area contributed by atoms with Crippen LogP contribution in [0.5, 0.6) is 0 Å². The number of nitriles is 1. The van der Waals surface area contributed by atoms with E-state index in [-0.39, 0.29) is 23.7 Å². The molecule has 1 amide bonds. The second-order valence-electron chi connectivity index (χ2n) is 4.27. The number of nitrogens with two attached hydrogens (primary N) is 1. The van der Waals surface area contributed by atoms with Crippen LogP contribution in [0, 0.1) is 17.1 Å². The van der Waals surface area contributed by atoms with Crippen molar-refractivity contribution in [3.8, 4) is 6.07 Å². The van der Waals surface area contributed by atoms with Crippen LogP contribution in [0.3, 0.4) is 0 Å². The standard InChI is InChI=1S/C15H12FN3O/c16-12-3-1-2-10(6-12)7-15(20)19-14-5-4-13(18)8-11(14)9-17/h1-6,8H,7,18H2,(H,19,20). The summed E-state index contributed by atoms with van der Waals surface area (Å²) >= 11 is 0. The minimum atomic E-state index is -0.388. The third kappa shape index (κ3) is 3.33. The number of halogens is 1. The van der Waals surface area contributed by atoms with Crippen molar-refractivity contribution in [2.24, 2.45) is 0 Å². The number of hydrogen-bond acceptors (Lipinski definition) is 3. The lowest BCUT2D eigenvalue weighted by Gasteiger charge is -2.07. The summed E-state index contributed by atoms with van der Waals surface area (Å²) in [4.78, 5) is 11.9. The first-order valence-corrected chi connectivity index (χ1v) is 5.92. The molecule has 4 nitrogen and oxygen atoms in total. The van der Waals surface area contributed by atoms with Crippen molar-refractivity contribution in [1.29, 1.82) is 5.26 Å². The highest BCUT2D eigenvalue weighted by Crippen LogP contribution is 2.18. The molecule has 5 heteroatoms. The lowest BCUT2D eigenvalue weighted by atomic mass is 10.1. The van der Waals surface area contributed by atoms with E-state index < -0.39 is 0 Å². The van der Waals surface area contributed by atoms with E-state index in [2.05, 4.69) is 5.32 Å². The van der Waals surface area contributed by atoms with Crippen LogP contribution < -0.4 is 11.1 Å². The monoisotopic (exact) mass is 269 g/mol. The van der Waals surface area contributed by atoms with E-state index in [4.69, 9.17) is 11.0 Å². The summed E-state index contributed by atoms with van der Waals surface area (Å²) in [5.41, 5.74) is 7.26. The molecule has 0 aromatic heterocycles. The van der Waals surface area contributed by atoms with Crippen LogP contribution in [0.2, 0.25) is 0 Å². The molecule has 3 N–H and O–H groups in total. The highest BCUT2D eigenvalue weighted by Gasteiger charge is 2.08. The zero-order valence-electron chi connectivity index (χ0n) is 10.6. The minimum Gasteiger partial charge on any atom is -0.399 e. The summed E-state index contributed by atoms with van der Waals surface area (Å²) < 4.78 is 13.0. The van der Waals surface area contributed by atoms with E-state index in [1.807, 2.05) is 6.07 Å². The van der Waals surface area contributed by atoms with Gasteiger partial charge in [0.2, 0.25) is 5.91 Å². The summed E-state index contributed by atoms with van der Waals surface area (Å²) in [5, 5.41) is 11.6. The average Bonchev–Trinajstić information content (AvgIpc) is 2.40. The van der Waals surface area contributed by atoms with Gasteiger partial charge in [-0.3, -0.25) is 4.79 Å². The summed E-state index contributed by atoms with van der Waals surface area (Å²) in [6.07, 6.45) is 0.0347. The molecule has 0 aliphatic carbocycles. The summed E-state index contributed by atoms with van der Waals surface area (Å²) in [6.45, 7) is 0. The van der Waals surface area contributed by atoms with E-state index in [0.29, 0.717) is 16.9 Å². The van der Waals surface area contributed by atoms with Crippen molar-refractivity contribution in [3.63, 3.8) is 0 Å². The number of nitrogens with one attached hydrogen (secondary N) is 1. The maximum Gasteiger partial charge on any atom is 0.228 e. The van der Waals surface area contributed by atoms with E-state index >= 15 is 0 Å². The van der Waals surface area contributed by atoms with Crippen molar-refractivity contribution in [3.05, 3.63) is 59.4 Å². The first-order chi connectivity index (χ1) is 9.58. The van der Waals surface area contributed by atoms with Crippen molar-refractivity contribution in [2.75, 3.05) is 11.1 Å². The normalized spacial score (nSPS) is 9.80. The van der Waals surface area contributed by atoms with Gasteiger partial charge in [-0.15, -0.1) is 0 Å². The number of anilines is 2. The first kappa shape index (κ1) is 13.6. The molecule has 0 saturated heterocycles. The van der Waals surface area contributed by atoms with Gasteiger partial charge < -0.3 is 11.1 Å². The van der Waals surface area contributed by atoms with Gasteiger partial charge in [0.25, 0.3) is 0 Å². The molecule has 100 valence electrons. The smallest absolute Gasteiger partial charge is 0.228 e. The Morgan fingerprint density at radius 3 is 2.80 bits per heavy atom. The van der Waals surface area contributed by atoms with Crippen LogP contribution in [-0.2, 0) is 11.2 Å². The van der Waals surface area contributed by atoms with Gasteiger partial charge in [-0.1, -0.05) is 12.1 Å². The minimum absolute atomic E-state index is 0.0347. The lowest BCUT2D eigenvalue weighted by Crippen LogP contribution is -2.15. The highest BCUT2D eigenvalue weighted by atomic mass is 19.1. The molecule has 2 aromatic rings. The fourth-order valence-corrected chi connectivity index (χ4v) is 1.79. The van der Waals surface area contributed by atoms with Gasteiger partial charge in [-0.2, -0.15) is 5.26 Å². The summed E-state index contributed by atoms with van der Waals surface area (Å²) in [6, 6.07) is 12.4. The van der Waals surface area contributed by atoms with Crippen LogP contribution in [0.1, 0.15) is 11.1 Å². The Hall–Kier alpha value is -2.87. The molecule has 2 rings (SSSR count). The number of carbonyl (C=O) groups is 1. The van der Waals surface area contributed by atoms with E-state index in [9.17, 15) is 9.18 Å². The van der Waals surface area contributed by atoms with Crippen LogP contribution in [0.15, 0.2) is 42.5 Å².